The van der Waals surface area contributed by atoms with Gasteiger partial charge < -0.3 is 22.0 Å². The van der Waals surface area contributed by atoms with Gasteiger partial charge in [-0.05, 0) is 50.4 Å². The topological polar surface area (TPSA) is 34.0 Å². The monoisotopic (exact) mass is 371 g/mol. The Morgan fingerprint density at radius 2 is 1.85 bits per heavy atom. The first-order chi connectivity index (χ1) is 12.8. The second-order valence-corrected chi connectivity index (χ2v) is 7.35. The van der Waals surface area contributed by atoms with Gasteiger partial charge in [-0.25, -0.2) is 4.98 Å². The maximum absolute atomic E-state index is 15.9. The predicted octanol–water partition coefficient (Wildman–Crippen LogP) is 4.86. The molecule has 4 heterocycles. The summed E-state index contributed by atoms with van der Waals surface area (Å²) in [5.41, 5.74) is 6.81. The highest BCUT2D eigenvalue weighted by atomic mass is 19.2. The molecular formula is C20H24BF2N3O. The largest absolute Gasteiger partial charge is 0.737 e. The number of rotatable bonds is 3. The highest BCUT2D eigenvalue weighted by molar-refractivity contribution is 6.58. The molecule has 0 fully saturated rings. The number of fused-ring (bicyclic) bond motifs is 2. The molecule has 0 bridgehead atoms. The van der Waals surface area contributed by atoms with Gasteiger partial charge in [-0.1, -0.05) is 13.8 Å². The van der Waals surface area contributed by atoms with Gasteiger partial charge in [0.15, 0.2) is 17.9 Å². The molecule has 0 aliphatic carbocycles. The van der Waals surface area contributed by atoms with E-state index in [9.17, 15) is 0 Å². The second-order valence-electron chi connectivity index (χ2n) is 7.35. The highest BCUT2D eigenvalue weighted by Crippen LogP contribution is 2.46. The van der Waals surface area contributed by atoms with Crippen molar-refractivity contribution in [3.8, 4) is 0 Å². The molecule has 2 aliphatic heterocycles. The van der Waals surface area contributed by atoms with Gasteiger partial charge in [-0.15, -0.1) is 0 Å². The Hall–Kier alpha value is -2.44. The fraction of sp³-hybridized carbons (Fsp3) is 0.400. The molecule has 4 nitrogen and oxygen atoms in total. The summed E-state index contributed by atoms with van der Waals surface area (Å²) in [6, 6.07) is 0. The SMILES string of the molecule is CCC1=C(C)C2=C(c3cnco3)c3c(C)c(CC)c(C)n3[B-](F)(F)[N+]2=C1C. The zero-order valence-corrected chi connectivity index (χ0v) is 16.7. The summed E-state index contributed by atoms with van der Waals surface area (Å²) in [5, 5.41) is 0. The predicted molar refractivity (Wildman–Crippen MR) is 103 cm³/mol. The van der Waals surface area contributed by atoms with Crippen molar-refractivity contribution in [1.82, 2.24) is 9.46 Å². The molecule has 0 saturated carbocycles. The van der Waals surface area contributed by atoms with Crippen molar-refractivity contribution >= 4 is 18.3 Å². The molecular weight excluding hydrogens is 347 g/mol. The van der Waals surface area contributed by atoms with Crippen LogP contribution in [-0.4, -0.2) is 26.6 Å². The van der Waals surface area contributed by atoms with Crippen molar-refractivity contribution in [1.29, 1.82) is 0 Å². The van der Waals surface area contributed by atoms with E-state index >= 15 is 8.63 Å². The Morgan fingerprint density at radius 3 is 2.41 bits per heavy atom. The lowest BCUT2D eigenvalue weighted by atomic mass is 9.85. The molecule has 0 radical (unpaired) electrons. The van der Waals surface area contributed by atoms with Crippen LogP contribution in [0.25, 0.3) is 5.57 Å². The minimum absolute atomic E-state index is 0.523. The van der Waals surface area contributed by atoms with Crippen molar-refractivity contribution in [2.45, 2.75) is 54.4 Å². The molecule has 0 unspecified atom stereocenters. The molecule has 2 aliphatic rings. The van der Waals surface area contributed by atoms with Crippen molar-refractivity contribution in [2.24, 2.45) is 0 Å². The van der Waals surface area contributed by atoms with Crippen molar-refractivity contribution < 1.29 is 17.5 Å². The molecule has 0 N–H and O–H groups in total. The van der Waals surface area contributed by atoms with Crippen molar-refractivity contribution in [3.63, 3.8) is 0 Å². The van der Waals surface area contributed by atoms with Crippen LogP contribution in [0.3, 0.4) is 0 Å². The summed E-state index contributed by atoms with van der Waals surface area (Å²) in [6.45, 7) is 7.47. The van der Waals surface area contributed by atoms with Gasteiger partial charge in [0.05, 0.1) is 6.20 Å². The van der Waals surface area contributed by atoms with E-state index in [1.807, 2.05) is 27.7 Å². The van der Waals surface area contributed by atoms with Gasteiger partial charge in [0.1, 0.15) is 11.3 Å². The third kappa shape index (κ3) is 2.08. The van der Waals surface area contributed by atoms with E-state index in [1.165, 1.54) is 15.4 Å². The first kappa shape index (κ1) is 18.0. The van der Waals surface area contributed by atoms with Crippen LogP contribution in [0.4, 0.5) is 8.63 Å². The van der Waals surface area contributed by atoms with Crippen LogP contribution >= 0.6 is 0 Å². The minimum atomic E-state index is -3.99. The lowest BCUT2D eigenvalue weighted by Gasteiger charge is -2.33. The summed E-state index contributed by atoms with van der Waals surface area (Å²) < 4.78 is 39.9. The average molecular weight is 371 g/mol. The zero-order valence-electron chi connectivity index (χ0n) is 16.7. The van der Waals surface area contributed by atoms with E-state index in [1.54, 1.807) is 20.0 Å². The van der Waals surface area contributed by atoms with Crippen molar-refractivity contribution in [3.05, 3.63) is 57.7 Å². The van der Waals surface area contributed by atoms with E-state index in [0.29, 0.717) is 47.0 Å². The smallest absolute Gasteiger partial charge is 0.443 e. The van der Waals surface area contributed by atoms with E-state index in [4.69, 9.17) is 4.42 Å². The van der Waals surface area contributed by atoms with Crippen LogP contribution in [0.15, 0.2) is 33.9 Å². The molecule has 0 aromatic carbocycles. The van der Waals surface area contributed by atoms with Crippen LogP contribution in [-0.2, 0) is 6.42 Å². The lowest BCUT2D eigenvalue weighted by Crippen LogP contribution is -2.51. The Bertz CT molecular complexity index is 1060. The number of allylic oxidation sites excluding steroid dienone is 2. The van der Waals surface area contributed by atoms with Crippen LogP contribution in [0.5, 0.6) is 0 Å². The zero-order chi connectivity index (χ0) is 19.7. The number of hydrogen-bond acceptors (Lipinski definition) is 2. The van der Waals surface area contributed by atoms with Gasteiger partial charge in [0, 0.05) is 23.8 Å². The molecule has 0 spiro atoms. The Morgan fingerprint density at radius 1 is 1.15 bits per heavy atom. The van der Waals surface area contributed by atoms with E-state index < -0.39 is 6.97 Å². The van der Waals surface area contributed by atoms with Gasteiger partial charge in [-0.3, -0.25) is 0 Å². The number of halogens is 2. The van der Waals surface area contributed by atoms with Gasteiger partial charge >= 0.3 is 6.97 Å². The second kappa shape index (κ2) is 5.78. The standard InChI is InChI=1S/C20H24BF2N3O/c1-7-15-11(3)19-18(17-9-24-10-27-17)20-12(4)16(8-2)14(6)26(20)21(22,23)25(19)13(15)5/h9-10H,7-8H2,1-6H3. The van der Waals surface area contributed by atoms with Gasteiger partial charge in [-0.2, -0.15) is 0 Å². The third-order valence-corrected chi connectivity index (χ3v) is 6.17. The molecule has 142 valence electrons. The number of aromatic nitrogens is 2. The molecule has 2 aromatic rings. The Kier molecular flexibility index (Phi) is 3.84. The summed E-state index contributed by atoms with van der Waals surface area (Å²) in [4.78, 5) is 4.05. The molecule has 0 atom stereocenters. The van der Waals surface area contributed by atoms with Crippen LogP contribution in [0.1, 0.15) is 62.4 Å². The molecule has 0 amide bonds. The Labute approximate surface area is 158 Å². The fourth-order valence-electron chi connectivity index (χ4n) is 5.05. The van der Waals surface area contributed by atoms with Crippen molar-refractivity contribution in [2.75, 3.05) is 0 Å². The number of nitrogens with zero attached hydrogens (tertiary/aromatic N) is 3. The van der Waals surface area contributed by atoms with Crippen LogP contribution in [0.2, 0.25) is 0 Å². The molecule has 7 heteroatoms. The highest BCUT2D eigenvalue weighted by Gasteiger charge is 2.57. The first-order valence-electron chi connectivity index (χ1n) is 9.46. The van der Waals surface area contributed by atoms with E-state index in [-0.39, 0.29) is 0 Å². The lowest BCUT2D eigenvalue weighted by molar-refractivity contribution is -0.363. The number of hydrogen-bond donors (Lipinski definition) is 0. The van der Waals surface area contributed by atoms with E-state index in [2.05, 4.69) is 4.98 Å². The Balaban J connectivity index is 2.23. The summed E-state index contributed by atoms with van der Waals surface area (Å²) in [7, 11) is 0. The van der Waals surface area contributed by atoms with Crippen LogP contribution in [0, 0.1) is 13.8 Å². The average Bonchev–Trinajstić information content (AvgIpc) is 3.28. The molecule has 2 aromatic heterocycles. The maximum atomic E-state index is 15.9. The number of oxazole rings is 1. The summed E-state index contributed by atoms with van der Waals surface area (Å²) in [6.07, 6.45) is 4.38. The maximum Gasteiger partial charge on any atom is 0.737 e. The van der Waals surface area contributed by atoms with Gasteiger partial charge in [0.2, 0.25) is 0 Å². The first-order valence-corrected chi connectivity index (χ1v) is 9.46. The molecule has 0 saturated heterocycles. The third-order valence-electron chi connectivity index (χ3n) is 6.17. The van der Waals surface area contributed by atoms with Gasteiger partial charge in [0.25, 0.3) is 0 Å². The summed E-state index contributed by atoms with van der Waals surface area (Å²) >= 11 is 0. The quantitative estimate of drug-likeness (QED) is 0.722. The molecule has 27 heavy (non-hydrogen) atoms. The summed E-state index contributed by atoms with van der Waals surface area (Å²) in [5.74, 6) is 0.523. The fourth-order valence-corrected chi connectivity index (χ4v) is 5.05. The normalized spacial score (nSPS) is 18.5. The minimum Gasteiger partial charge on any atom is -0.443 e. The molecule has 4 rings (SSSR count). The van der Waals surface area contributed by atoms with E-state index in [0.717, 1.165) is 22.3 Å². The van der Waals surface area contributed by atoms with Crippen LogP contribution < -0.4 is 0 Å².